The van der Waals surface area contributed by atoms with E-state index >= 15 is 0 Å². The molecule has 0 aliphatic rings. The van der Waals surface area contributed by atoms with E-state index in [0.29, 0.717) is 11.7 Å². The Morgan fingerprint density at radius 1 is 1.53 bits per heavy atom. The van der Waals surface area contributed by atoms with Gasteiger partial charge in [0, 0.05) is 18.8 Å². The minimum atomic E-state index is 0.668. The molecule has 0 radical (unpaired) electrons. The number of aryl methyl sites for hydroxylation is 2. The Labute approximate surface area is 106 Å². The predicted octanol–water partition coefficient (Wildman–Crippen LogP) is 2.23. The highest BCUT2D eigenvalue weighted by Gasteiger charge is 2.11. The van der Waals surface area contributed by atoms with E-state index in [0.717, 1.165) is 14.8 Å². The molecule has 2 aromatic heterocycles. The summed E-state index contributed by atoms with van der Waals surface area (Å²) >= 11 is 8.36. The minimum absolute atomic E-state index is 0.668. The van der Waals surface area contributed by atoms with E-state index in [-0.39, 0.29) is 0 Å². The quantitative estimate of drug-likeness (QED) is 0.789. The van der Waals surface area contributed by atoms with Gasteiger partial charge in [-0.15, -0.1) is 0 Å². The zero-order chi connectivity index (χ0) is 11.0. The molecule has 0 aliphatic heterocycles. The molecule has 0 saturated heterocycles. The fourth-order valence-corrected chi connectivity index (χ4v) is 2.12. The molecule has 0 aromatic carbocycles. The van der Waals surface area contributed by atoms with Gasteiger partial charge >= 0.3 is 0 Å². The molecule has 15 heavy (non-hydrogen) atoms. The fourth-order valence-electron chi connectivity index (χ4n) is 1.44. The van der Waals surface area contributed by atoms with Gasteiger partial charge < -0.3 is 0 Å². The summed E-state index contributed by atoms with van der Waals surface area (Å²) in [6.45, 7) is 2.62. The number of aromatic nitrogens is 4. The molecule has 0 aliphatic carbocycles. The van der Waals surface area contributed by atoms with Gasteiger partial charge in [-0.25, -0.2) is 0 Å². The van der Waals surface area contributed by atoms with E-state index in [9.17, 15) is 0 Å². The van der Waals surface area contributed by atoms with Crippen LogP contribution in [0.4, 0.5) is 0 Å². The molecule has 2 aromatic rings. The minimum Gasteiger partial charge on any atom is -0.267 e. The lowest BCUT2D eigenvalue weighted by Gasteiger charge is -2.00. The van der Waals surface area contributed by atoms with Crippen LogP contribution >= 0.6 is 34.2 Å². The van der Waals surface area contributed by atoms with Crippen LogP contribution in [0, 0.1) is 10.5 Å². The van der Waals surface area contributed by atoms with Gasteiger partial charge in [0.15, 0.2) is 0 Å². The predicted molar refractivity (Wildman–Crippen MR) is 67.0 cm³/mol. The summed E-state index contributed by atoms with van der Waals surface area (Å²) < 4.78 is 4.66. The highest BCUT2D eigenvalue weighted by Crippen LogP contribution is 2.19. The van der Waals surface area contributed by atoms with Crippen molar-refractivity contribution in [3.63, 3.8) is 0 Å². The zero-order valence-corrected chi connectivity index (χ0v) is 11.3. The third kappa shape index (κ3) is 2.17. The molecule has 0 bridgehead atoms. The van der Waals surface area contributed by atoms with E-state index < -0.39 is 0 Å². The lowest BCUT2D eigenvalue weighted by Crippen LogP contribution is -2.01. The summed E-state index contributed by atoms with van der Waals surface area (Å²) in [7, 11) is 1.84. The summed E-state index contributed by atoms with van der Waals surface area (Å²) in [4.78, 5) is 0. The average molecular weight is 337 g/mol. The first-order chi connectivity index (χ1) is 7.08. The van der Waals surface area contributed by atoms with Gasteiger partial charge in [-0.2, -0.15) is 10.2 Å². The van der Waals surface area contributed by atoms with E-state index in [4.69, 9.17) is 11.6 Å². The summed E-state index contributed by atoms with van der Waals surface area (Å²) in [5.41, 5.74) is 1.98. The number of halogens is 2. The van der Waals surface area contributed by atoms with Gasteiger partial charge in [0.1, 0.15) is 5.15 Å². The second kappa shape index (κ2) is 4.13. The van der Waals surface area contributed by atoms with Crippen molar-refractivity contribution in [2.75, 3.05) is 0 Å². The van der Waals surface area contributed by atoms with Crippen molar-refractivity contribution in [2.45, 2.75) is 13.5 Å². The molecule has 0 N–H and O–H groups in total. The maximum Gasteiger partial charge on any atom is 0.132 e. The van der Waals surface area contributed by atoms with Gasteiger partial charge in [0.2, 0.25) is 0 Å². The normalized spacial score (nSPS) is 10.9. The molecule has 2 rings (SSSR count). The third-order valence-corrected chi connectivity index (χ3v) is 3.22. The van der Waals surface area contributed by atoms with Crippen molar-refractivity contribution in [1.82, 2.24) is 19.6 Å². The first kappa shape index (κ1) is 10.9. The highest BCUT2D eigenvalue weighted by atomic mass is 127. The molecule has 0 unspecified atom stereocenters. The van der Waals surface area contributed by atoms with Crippen LogP contribution in [0.5, 0.6) is 0 Å². The molecule has 6 heteroatoms. The molecule has 0 fully saturated rings. The molecule has 2 heterocycles. The standard InChI is InChI=1S/C9H10ClIN4/c1-6-8(9(10)14(2)13-6)5-15-4-7(11)3-12-15/h3-4H,5H2,1-2H3. The molecule has 0 saturated carbocycles. The van der Waals surface area contributed by atoms with E-state index in [1.54, 1.807) is 4.68 Å². The van der Waals surface area contributed by atoms with Crippen molar-refractivity contribution >= 4 is 34.2 Å². The molecule has 4 nitrogen and oxygen atoms in total. The van der Waals surface area contributed by atoms with Crippen LogP contribution in [-0.2, 0) is 13.6 Å². The molecular weight excluding hydrogens is 326 g/mol. The average Bonchev–Trinajstić information content (AvgIpc) is 2.67. The second-order valence-electron chi connectivity index (χ2n) is 3.33. The number of hydrogen-bond donors (Lipinski definition) is 0. The van der Waals surface area contributed by atoms with Crippen LogP contribution in [0.15, 0.2) is 12.4 Å². The van der Waals surface area contributed by atoms with Crippen molar-refractivity contribution < 1.29 is 0 Å². The van der Waals surface area contributed by atoms with Crippen molar-refractivity contribution in [3.05, 3.63) is 32.4 Å². The number of nitrogens with zero attached hydrogens (tertiary/aromatic N) is 4. The molecular formula is C9H10ClIN4. The van der Waals surface area contributed by atoms with Crippen molar-refractivity contribution in [1.29, 1.82) is 0 Å². The largest absolute Gasteiger partial charge is 0.267 e. The van der Waals surface area contributed by atoms with Crippen molar-refractivity contribution in [2.24, 2.45) is 7.05 Å². The second-order valence-corrected chi connectivity index (χ2v) is 4.94. The Morgan fingerprint density at radius 3 is 2.73 bits per heavy atom. The van der Waals surface area contributed by atoms with Crippen LogP contribution in [-0.4, -0.2) is 19.6 Å². The van der Waals surface area contributed by atoms with Crippen LogP contribution in [0.1, 0.15) is 11.3 Å². The van der Waals surface area contributed by atoms with E-state index in [2.05, 4.69) is 32.8 Å². The van der Waals surface area contributed by atoms with Crippen LogP contribution in [0.2, 0.25) is 5.15 Å². The number of rotatable bonds is 2. The van der Waals surface area contributed by atoms with E-state index in [1.165, 1.54) is 0 Å². The van der Waals surface area contributed by atoms with Crippen molar-refractivity contribution in [3.8, 4) is 0 Å². The van der Waals surface area contributed by atoms with Gasteiger partial charge in [-0.05, 0) is 29.5 Å². The molecule has 0 amide bonds. The summed E-state index contributed by atoms with van der Waals surface area (Å²) in [5.74, 6) is 0. The van der Waals surface area contributed by atoms with Crippen LogP contribution < -0.4 is 0 Å². The topological polar surface area (TPSA) is 35.6 Å². The maximum absolute atomic E-state index is 6.13. The van der Waals surface area contributed by atoms with Crippen LogP contribution in [0.3, 0.4) is 0 Å². The Balaban J connectivity index is 2.31. The maximum atomic E-state index is 6.13. The Morgan fingerprint density at radius 2 is 2.27 bits per heavy atom. The smallest absolute Gasteiger partial charge is 0.132 e. The number of hydrogen-bond acceptors (Lipinski definition) is 2. The Bertz CT molecular complexity index is 488. The van der Waals surface area contributed by atoms with Gasteiger partial charge in [0.25, 0.3) is 0 Å². The van der Waals surface area contributed by atoms with Gasteiger partial charge in [0.05, 0.1) is 22.0 Å². The fraction of sp³-hybridized carbons (Fsp3) is 0.333. The summed E-state index contributed by atoms with van der Waals surface area (Å²) in [6, 6.07) is 0. The Kier molecular flexibility index (Phi) is 3.01. The third-order valence-electron chi connectivity index (χ3n) is 2.19. The SMILES string of the molecule is Cc1nn(C)c(Cl)c1Cn1cc(I)cn1. The van der Waals surface area contributed by atoms with Gasteiger partial charge in [-0.3, -0.25) is 9.36 Å². The summed E-state index contributed by atoms with van der Waals surface area (Å²) in [5, 5.41) is 9.15. The zero-order valence-electron chi connectivity index (χ0n) is 8.41. The summed E-state index contributed by atoms with van der Waals surface area (Å²) in [6.07, 6.45) is 3.80. The first-order valence-corrected chi connectivity index (χ1v) is 5.89. The van der Waals surface area contributed by atoms with Crippen LogP contribution in [0.25, 0.3) is 0 Å². The van der Waals surface area contributed by atoms with E-state index in [1.807, 2.05) is 31.0 Å². The Hall–Kier alpha value is -0.560. The molecule has 0 atom stereocenters. The molecule has 0 spiro atoms. The van der Waals surface area contributed by atoms with Gasteiger partial charge in [-0.1, -0.05) is 11.6 Å². The lowest BCUT2D eigenvalue weighted by molar-refractivity contribution is 0.683. The molecule has 80 valence electrons. The monoisotopic (exact) mass is 336 g/mol. The first-order valence-electron chi connectivity index (χ1n) is 4.44. The highest BCUT2D eigenvalue weighted by molar-refractivity contribution is 14.1. The lowest BCUT2D eigenvalue weighted by atomic mass is 10.3.